The minimum atomic E-state index is -0.650. The summed E-state index contributed by atoms with van der Waals surface area (Å²) in [6.45, 7) is 17.8. The molecule has 238 valence electrons. The van der Waals surface area contributed by atoms with Crippen molar-refractivity contribution in [3.63, 3.8) is 0 Å². The van der Waals surface area contributed by atoms with Crippen LogP contribution in [0.4, 0.5) is 0 Å². The molecule has 3 saturated carbocycles. The van der Waals surface area contributed by atoms with Crippen molar-refractivity contribution in [2.24, 2.45) is 45.3 Å². The number of hydrogen-bond donors (Lipinski definition) is 3. The van der Waals surface area contributed by atoms with Crippen molar-refractivity contribution in [2.75, 3.05) is 6.61 Å². The summed E-state index contributed by atoms with van der Waals surface area (Å²) in [6.07, 6.45) is 3.91. The number of esters is 2. The molecule has 1 saturated heterocycles. The van der Waals surface area contributed by atoms with Crippen molar-refractivity contribution in [1.82, 2.24) is 0 Å². The van der Waals surface area contributed by atoms with Crippen LogP contribution in [0.5, 0.6) is 0 Å². The molecule has 0 bridgehead atoms. The first kappa shape index (κ1) is 31.9. The maximum atomic E-state index is 12.6. The van der Waals surface area contributed by atoms with Gasteiger partial charge in [0.15, 0.2) is 0 Å². The Bertz CT molecular complexity index is 1130. The van der Waals surface area contributed by atoms with E-state index in [0.717, 1.165) is 19.3 Å². The van der Waals surface area contributed by atoms with Crippen LogP contribution in [0.25, 0.3) is 0 Å². The molecule has 0 radical (unpaired) electrons. The fourth-order valence-corrected chi connectivity index (χ4v) is 11.0. The van der Waals surface area contributed by atoms with Gasteiger partial charge in [-0.1, -0.05) is 46.3 Å². The smallest absolute Gasteiger partial charge is 0.302 e. The molecule has 8 heteroatoms. The monoisotopic (exact) mass is 590 g/mol. The number of aliphatic hydroxyl groups is 3. The zero-order chi connectivity index (χ0) is 31.2. The molecule has 0 aromatic heterocycles. The van der Waals surface area contributed by atoms with Crippen molar-refractivity contribution in [3.05, 3.63) is 11.6 Å². The van der Waals surface area contributed by atoms with Gasteiger partial charge in [0, 0.05) is 37.7 Å². The van der Waals surface area contributed by atoms with Crippen LogP contribution in [0.15, 0.2) is 11.6 Å². The Labute approximate surface area is 251 Å². The van der Waals surface area contributed by atoms with Gasteiger partial charge in [0.25, 0.3) is 0 Å². The maximum Gasteiger partial charge on any atom is 0.302 e. The van der Waals surface area contributed by atoms with Crippen molar-refractivity contribution in [2.45, 2.75) is 137 Å². The van der Waals surface area contributed by atoms with E-state index in [-0.39, 0.29) is 59.3 Å². The number of ether oxygens (including phenoxy) is 3. The van der Waals surface area contributed by atoms with Crippen LogP contribution >= 0.6 is 0 Å². The van der Waals surface area contributed by atoms with Gasteiger partial charge in [-0.25, -0.2) is 0 Å². The van der Waals surface area contributed by atoms with Crippen LogP contribution in [-0.2, 0) is 23.8 Å². The molecule has 4 aliphatic carbocycles. The normalized spacial score (nSPS) is 46.3. The van der Waals surface area contributed by atoms with Crippen LogP contribution in [0.1, 0.15) is 101 Å². The first-order valence-electron chi connectivity index (χ1n) is 16.0. The van der Waals surface area contributed by atoms with Crippen LogP contribution < -0.4 is 0 Å². The lowest BCUT2D eigenvalue weighted by Crippen LogP contribution is -2.70. The number of carbonyl (C=O) groups is 2. The summed E-state index contributed by atoms with van der Waals surface area (Å²) in [7, 11) is 0. The minimum absolute atomic E-state index is 0.0144. The Morgan fingerprint density at radius 3 is 2.14 bits per heavy atom. The molecule has 4 fully saturated rings. The number of fused-ring (bicyclic) bond motifs is 5. The fraction of sp³-hybridized carbons (Fsp3) is 0.882. The lowest BCUT2D eigenvalue weighted by atomic mass is 9.36. The van der Waals surface area contributed by atoms with Crippen molar-refractivity contribution < 1.29 is 39.1 Å². The lowest BCUT2D eigenvalue weighted by Gasteiger charge is -2.70. The molecular weight excluding hydrogens is 536 g/mol. The second kappa shape index (κ2) is 10.3. The van der Waals surface area contributed by atoms with Crippen LogP contribution in [0, 0.1) is 45.3 Å². The number of epoxide rings is 1. The molecule has 5 rings (SSSR count). The SMILES string of the molecule is CC(=O)O[C@H]1C[C@@H](O)C(C)(C)[C@@H]2C[C@@H](OC(C)=O)[C@@]3(C)C4=CC[C@H]([C@H](CO)C[C@H](O)[C@@H]5OC5(C)C)[C@]4(C)CC[C@@H]3[C@@]12C. The standard InChI is InChI=1S/C34H54O8/c1-18(36)40-27-15-25-30(3,4)26(39)16-28(41-19(2)37)34(25,9)24-12-13-32(7)21(10-11-23(32)33(24,27)8)20(17-35)14-22(38)29-31(5,6)42-29/h11,20-22,24-29,35,38-39H,10,12-17H2,1-9H3/t20-,21+,22-,24-,25-,26+,27+,28-,29-,32-,33-,34+/m0/s1. The highest BCUT2D eigenvalue weighted by Crippen LogP contribution is 2.74. The van der Waals surface area contributed by atoms with Gasteiger partial charge in [0.1, 0.15) is 18.3 Å². The number of allylic oxidation sites excluding steroid dienone is 1. The van der Waals surface area contributed by atoms with Crippen LogP contribution in [-0.4, -0.2) is 70.0 Å². The highest BCUT2D eigenvalue weighted by Gasteiger charge is 2.72. The van der Waals surface area contributed by atoms with Crippen molar-refractivity contribution in [1.29, 1.82) is 0 Å². The first-order valence-corrected chi connectivity index (χ1v) is 16.0. The summed E-state index contributed by atoms with van der Waals surface area (Å²) in [5.74, 6) is -0.630. The predicted octanol–water partition coefficient (Wildman–Crippen LogP) is 4.57. The lowest BCUT2D eigenvalue weighted by molar-refractivity contribution is -0.259. The maximum absolute atomic E-state index is 12.6. The highest BCUT2D eigenvalue weighted by molar-refractivity contribution is 5.67. The summed E-state index contributed by atoms with van der Waals surface area (Å²) < 4.78 is 18.0. The fourth-order valence-electron chi connectivity index (χ4n) is 11.0. The van der Waals surface area contributed by atoms with E-state index in [9.17, 15) is 24.9 Å². The average molecular weight is 591 g/mol. The molecule has 5 aliphatic rings. The van der Waals surface area contributed by atoms with Gasteiger partial charge in [-0.2, -0.15) is 0 Å². The average Bonchev–Trinajstić information content (AvgIpc) is 3.37. The quantitative estimate of drug-likeness (QED) is 0.224. The summed E-state index contributed by atoms with van der Waals surface area (Å²) in [4.78, 5) is 25.0. The Balaban J connectivity index is 1.54. The minimum Gasteiger partial charge on any atom is -0.462 e. The van der Waals surface area contributed by atoms with Crippen molar-refractivity contribution in [3.8, 4) is 0 Å². The van der Waals surface area contributed by atoms with E-state index in [4.69, 9.17) is 14.2 Å². The Hall–Kier alpha value is -1.48. The van der Waals surface area contributed by atoms with E-state index in [0.29, 0.717) is 19.3 Å². The molecule has 8 nitrogen and oxygen atoms in total. The van der Waals surface area contributed by atoms with Crippen molar-refractivity contribution >= 4 is 11.9 Å². The Morgan fingerprint density at radius 2 is 1.60 bits per heavy atom. The van der Waals surface area contributed by atoms with E-state index < -0.39 is 40.7 Å². The summed E-state index contributed by atoms with van der Waals surface area (Å²) in [5, 5.41) is 32.9. The molecule has 3 N–H and O–H groups in total. The summed E-state index contributed by atoms with van der Waals surface area (Å²) in [5.41, 5.74) is -0.741. The molecule has 12 atom stereocenters. The molecule has 0 aromatic carbocycles. The van der Waals surface area contributed by atoms with E-state index >= 15 is 0 Å². The third kappa shape index (κ3) is 4.60. The second-order valence-corrected chi connectivity index (χ2v) is 16.1. The van der Waals surface area contributed by atoms with Gasteiger partial charge in [0.05, 0.1) is 17.8 Å². The van der Waals surface area contributed by atoms with Crippen LogP contribution in [0.2, 0.25) is 0 Å². The van der Waals surface area contributed by atoms with E-state index in [2.05, 4.69) is 40.7 Å². The predicted molar refractivity (Wildman–Crippen MR) is 157 cm³/mol. The van der Waals surface area contributed by atoms with Gasteiger partial charge in [0.2, 0.25) is 0 Å². The summed E-state index contributed by atoms with van der Waals surface area (Å²) >= 11 is 0. The van der Waals surface area contributed by atoms with Gasteiger partial charge in [-0.05, 0) is 80.5 Å². The topological polar surface area (TPSA) is 126 Å². The molecule has 42 heavy (non-hydrogen) atoms. The number of carbonyl (C=O) groups excluding carboxylic acids is 2. The van der Waals surface area contributed by atoms with E-state index in [1.54, 1.807) is 0 Å². The molecule has 0 spiro atoms. The first-order chi connectivity index (χ1) is 19.3. The zero-order valence-corrected chi connectivity index (χ0v) is 27.1. The zero-order valence-electron chi connectivity index (χ0n) is 27.1. The van der Waals surface area contributed by atoms with Gasteiger partial charge < -0.3 is 29.5 Å². The molecule has 0 aromatic rings. The number of hydrogen-bond acceptors (Lipinski definition) is 8. The molecule has 0 amide bonds. The highest BCUT2D eigenvalue weighted by atomic mass is 16.6. The largest absolute Gasteiger partial charge is 0.462 e. The third-order valence-corrected chi connectivity index (χ3v) is 13.1. The number of rotatable bonds is 7. The van der Waals surface area contributed by atoms with Crippen LogP contribution in [0.3, 0.4) is 0 Å². The van der Waals surface area contributed by atoms with Gasteiger partial charge in [-0.15, -0.1) is 0 Å². The van der Waals surface area contributed by atoms with Gasteiger partial charge >= 0.3 is 11.9 Å². The third-order valence-electron chi connectivity index (χ3n) is 13.1. The Kier molecular flexibility index (Phi) is 7.82. The molecule has 1 heterocycles. The van der Waals surface area contributed by atoms with E-state index in [1.165, 1.54) is 19.4 Å². The number of aliphatic hydroxyl groups excluding tert-OH is 3. The second-order valence-electron chi connectivity index (χ2n) is 16.1. The molecule has 1 aliphatic heterocycles. The molecule has 0 unspecified atom stereocenters. The van der Waals surface area contributed by atoms with E-state index in [1.807, 2.05) is 13.8 Å². The Morgan fingerprint density at radius 1 is 1.00 bits per heavy atom. The molecular formula is C34H54O8. The van der Waals surface area contributed by atoms with Gasteiger partial charge in [-0.3, -0.25) is 9.59 Å². The summed E-state index contributed by atoms with van der Waals surface area (Å²) in [6, 6.07) is 0.